The van der Waals surface area contributed by atoms with Gasteiger partial charge in [0, 0.05) is 34.8 Å². The van der Waals surface area contributed by atoms with E-state index in [1.54, 1.807) is 30.9 Å². The molecule has 5 nitrogen and oxygen atoms in total. The maximum Gasteiger partial charge on any atom is 0.126 e. The number of fused-ring (bicyclic) bond motifs is 3. The van der Waals surface area contributed by atoms with Gasteiger partial charge < -0.3 is 5.11 Å². The molecule has 1 saturated heterocycles. The molecule has 2 aliphatic heterocycles. The molecule has 0 aliphatic carbocycles. The molecule has 3 aromatic rings. The van der Waals surface area contributed by atoms with E-state index in [0.717, 1.165) is 10.8 Å². The van der Waals surface area contributed by atoms with Crippen LogP contribution in [0.3, 0.4) is 0 Å². The van der Waals surface area contributed by atoms with Gasteiger partial charge in [-0.1, -0.05) is 18.7 Å². The second kappa shape index (κ2) is 6.46. The summed E-state index contributed by atoms with van der Waals surface area (Å²) in [6.07, 6.45) is 10.2. The standard InChI is InChI=1S/C23H21FN4O/c1-13(17-9-23(2)5-3-18(28-23)22(17)24)19-11-27-20(12-26-19)16-7-14-4-6-25-10-15(14)8-21(16)29/h3-8,10-12,17-18,22,28-29H,1,9H2,2H3/t17-,18?,22-,23+/m1/s1. The highest BCUT2D eigenvalue weighted by Crippen LogP contribution is 2.41. The van der Waals surface area contributed by atoms with Crippen LogP contribution in [0.25, 0.3) is 27.6 Å². The van der Waals surface area contributed by atoms with Crippen molar-refractivity contribution in [3.8, 4) is 17.0 Å². The van der Waals surface area contributed by atoms with E-state index in [1.807, 2.05) is 24.3 Å². The Kier molecular flexibility index (Phi) is 3.99. The van der Waals surface area contributed by atoms with Crippen molar-refractivity contribution in [2.24, 2.45) is 5.92 Å². The number of nitrogens with one attached hydrogen (secondary N) is 1. The van der Waals surface area contributed by atoms with Crippen LogP contribution < -0.4 is 5.32 Å². The molecule has 0 spiro atoms. The molecule has 0 radical (unpaired) electrons. The SMILES string of the molecule is C=C(c1cnc(-c2cc3ccncc3cc2O)cn1)[C@H]1C[C@]2(C)C=CC(N2)[C@@H]1F. The number of nitrogens with zero attached hydrogens (tertiary/aromatic N) is 3. The first kappa shape index (κ1) is 17.9. The van der Waals surface area contributed by atoms with Crippen LogP contribution in [-0.2, 0) is 0 Å². The van der Waals surface area contributed by atoms with E-state index in [4.69, 9.17) is 0 Å². The number of phenols is 1. The molecule has 6 heteroatoms. The van der Waals surface area contributed by atoms with Gasteiger partial charge in [-0.15, -0.1) is 0 Å². The zero-order valence-electron chi connectivity index (χ0n) is 16.0. The highest BCUT2D eigenvalue weighted by molar-refractivity contribution is 5.89. The number of aromatic hydroxyl groups is 1. The summed E-state index contributed by atoms with van der Waals surface area (Å²) in [4.78, 5) is 13.0. The molecule has 2 aliphatic rings. The van der Waals surface area contributed by atoms with Gasteiger partial charge in [-0.2, -0.15) is 0 Å². The molecule has 146 valence electrons. The fourth-order valence-electron chi connectivity index (χ4n) is 4.39. The first-order chi connectivity index (χ1) is 13.9. The number of piperidine rings is 1. The number of phenolic OH excluding ortho intramolecular Hbond substituents is 1. The van der Waals surface area contributed by atoms with Crippen molar-refractivity contribution >= 4 is 16.3 Å². The molecule has 4 heterocycles. The summed E-state index contributed by atoms with van der Waals surface area (Å²) in [7, 11) is 0. The van der Waals surface area contributed by atoms with Crippen LogP contribution >= 0.6 is 0 Å². The number of hydrogen-bond donors (Lipinski definition) is 2. The molecule has 5 rings (SSSR count). The van der Waals surface area contributed by atoms with E-state index >= 15 is 0 Å². The summed E-state index contributed by atoms with van der Waals surface area (Å²) in [5.41, 5.74) is 2.17. The molecule has 2 aromatic heterocycles. The molecule has 0 amide bonds. The van der Waals surface area contributed by atoms with Crippen LogP contribution in [-0.4, -0.2) is 37.8 Å². The van der Waals surface area contributed by atoms with Crippen molar-refractivity contribution in [1.82, 2.24) is 20.3 Å². The third-order valence-electron chi connectivity index (χ3n) is 6.00. The predicted molar refractivity (Wildman–Crippen MR) is 111 cm³/mol. The van der Waals surface area contributed by atoms with E-state index in [-0.39, 0.29) is 23.2 Å². The number of rotatable bonds is 3. The molecule has 29 heavy (non-hydrogen) atoms. The Morgan fingerprint density at radius 1 is 1.24 bits per heavy atom. The molecule has 1 unspecified atom stereocenters. The lowest BCUT2D eigenvalue weighted by atomic mass is 9.78. The van der Waals surface area contributed by atoms with Crippen LogP contribution in [0.1, 0.15) is 19.0 Å². The maximum atomic E-state index is 14.9. The smallest absolute Gasteiger partial charge is 0.126 e. The van der Waals surface area contributed by atoms with Crippen LogP contribution in [0.2, 0.25) is 0 Å². The summed E-state index contributed by atoms with van der Waals surface area (Å²) in [6, 6.07) is 5.12. The van der Waals surface area contributed by atoms with Gasteiger partial charge in [0.05, 0.1) is 29.8 Å². The van der Waals surface area contributed by atoms with Crippen LogP contribution in [0.5, 0.6) is 5.75 Å². The van der Waals surface area contributed by atoms with Gasteiger partial charge in [0.15, 0.2) is 0 Å². The third-order valence-corrected chi connectivity index (χ3v) is 6.00. The van der Waals surface area contributed by atoms with Gasteiger partial charge in [-0.25, -0.2) is 4.39 Å². The molecular weight excluding hydrogens is 367 g/mol. The van der Waals surface area contributed by atoms with Gasteiger partial charge in [0.2, 0.25) is 0 Å². The van der Waals surface area contributed by atoms with E-state index in [0.29, 0.717) is 28.9 Å². The lowest BCUT2D eigenvalue weighted by Gasteiger charge is -2.39. The Labute approximate surface area is 168 Å². The van der Waals surface area contributed by atoms with Crippen molar-refractivity contribution < 1.29 is 9.50 Å². The topological polar surface area (TPSA) is 70.9 Å². The van der Waals surface area contributed by atoms with Crippen molar-refractivity contribution in [3.63, 3.8) is 0 Å². The maximum absolute atomic E-state index is 14.9. The summed E-state index contributed by atoms with van der Waals surface area (Å²) in [5.74, 6) is -0.202. The zero-order chi connectivity index (χ0) is 20.2. The van der Waals surface area contributed by atoms with Crippen LogP contribution in [0.4, 0.5) is 4.39 Å². The Bertz CT molecular complexity index is 1140. The number of aromatic nitrogens is 3. The fraction of sp³-hybridized carbons (Fsp3) is 0.261. The molecule has 1 aromatic carbocycles. The molecule has 2 bridgehead atoms. The summed E-state index contributed by atoms with van der Waals surface area (Å²) in [5, 5.41) is 15.5. The first-order valence-electron chi connectivity index (χ1n) is 9.63. The van der Waals surface area contributed by atoms with Crippen LogP contribution in [0, 0.1) is 5.92 Å². The Hall–Kier alpha value is -3.12. The highest BCUT2D eigenvalue weighted by atomic mass is 19.1. The Morgan fingerprint density at radius 3 is 2.90 bits per heavy atom. The summed E-state index contributed by atoms with van der Waals surface area (Å²) >= 11 is 0. The molecule has 1 fully saturated rings. The van der Waals surface area contributed by atoms with Gasteiger partial charge in [-0.05, 0) is 42.5 Å². The third kappa shape index (κ3) is 3.00. The molecule has 4 atom stereocenters. The van der Waals surface area contributed by atoms with Gasteiger partial charge in [0.25, 0.3) is 0 Å². The number of pyridine rings is 1. The Morgan fingerprint density at radius 2 is 2.10 bits per heavy atom. The van der Waals surface area contributed by atoms with E-state index in [2.05, 4.69) is 33.8 Å². The minimum Gasteiger partial charge on any atom is -0.507 e. The average molecular weight is 388 g/mol. The van der Waals surface area contributed by atoms with Crippen molar-refractivity contribution in [3.05, 3.63) is 67.4 Å². The monoisotopic (exact) mass is 388 g/mol. The van der Waals surface area contributed by atoms with Crippen molar-refractivity contribution in [2.45, 2.75) is 31.1 Å². The first-order valence-corrected chi connectivity index (χ1v) is 9.63. The average Bonchev–Trinajstić information content (AvgIpc) is 3.07. The van der Waals surface area contributed by atoms with Gasteiger partial charge in [-0.3, -0.25) is 20.3 Å². The minimum absolute atomic E-state index is 0.115. The summed E-state index contributed by atoms with van der Waals surface area (Å²) in [6.45, 7) is 6.21. The highest BCUT2D eigenvalue weighted by Gasteiger charge is 2.46. The lowest BCUT2D eigenvalue weighted by molar-refractivity contribution is 0.146. The normalized spacial score (nSPS) is 28.0. The zero-order valence-corrected chi connectivity index (χ0v) is 16.0. The number of benzene rings is 1. The second-order valence-corrected chi connectivity index (χ2v) is 8.11. The second-order valence-electron chi connectivity index (χ2n) is 8.11. The van der Waals surface area contributed by atoms with E-state index in [9.17, 15) is 9.50 Å². The number of allylic oxidation sites excluding steroid dienone is 1. The number of halogens is 1. The largest absolute Gasteiger partial charge is 0.507 e. The molecule has 0 saturated carbocycles. The summed E-state index contributed by atoms with van der Waals surface area (Å²) < 4.78 is 14.9. The van der Waals surface area contributed by atoms with E-state index < -0.39 is 6.17 Å². The molecule has 2 N–H and O–H groups in total. The fourth-order valence-corrected chi connectivity index (χ4v) is 4.39. The number of alkyl halides is 1. The predicted octanol–water partition coefficient (Wildman–Crippen LogP) is 4.06. The Balaban J connectivity index is 1.43. The quantitative estimate of drug-likeness (QED) is 0.662. The van der Waals surface area contributed by atoms with Gasteiger partial charge >= 0.3 is 0 Å². The lowest BCUT2D eigenvalue weighted by Crippen LogP contribution is -2.54. The van der Waals surface area contributed by atoms with Crippen molar-refractivity contribution in [2.75, 3.05) is 0 Å². The minimum atomic E-state index is -1.05. The van der Waals surface area contributed by atoms with E-state index in [1.165, 1.54) is 0 Å². The van der Waals surface area contributed by atoms with Gasteiger partial charge in [0.1, 0.15) is 11.9 Å². The van der Waals surface area contributed by atoms with Crippen LogP contribution in [0.15, 0.2) is 61.7 Å². The van der Waals surface area contributed by atoms with Crippen molar-refractivity contribution in [1.29, 1.82) is 0 Å². The number of hydrogen-bond acceptors (Lipinski definition) is 5. The molecular formula is C23H21FN4O.